The van der Waals surface area contributed by atoms with Crippen LogP contribution in [0.4, 0.5) is 0 Å². The third-order valence-electron chi connectivity index (χ3n) is 2.88. The molecule has 0 aromatic rings. The van der Waals surface area contributed by atoms with Crippen molar-refractivity contribution in [3.63, 3.8) is 0 Å². The van der Waals surface area contributed by atoms with E-state index in [1.807, 2.05) is 4.90 Å². The number of esters is 2. The summed E-state index contributed by atoms with van der Waals surface area (Å²) in [5.74, 6) is -0.628. The Morgan fingerprint density at radius 1 is 1.53 bits per heavy atom. The molecule has 98 valence electrons. The molecule has 0 amide bonds. The zero-order valence-corrected chi connectivity index (χ0v) is 10.6. The number of piperazine rings is 1. The maximum absolute atomic E-state index is 11.8. The zero-order valence-electron chi connectivity index (χ0n) is 10.6. The summed E-state index contributed by atoms with van der Waals surface area (Å²) in [6, 6.07) is -0.852. The molecule has 17 heavy (non-hydrogen) atoms. The van der Waals surface area contributed by atoms with Gasteiger partial charge in [0.05, 0.1) is 13.7 Å². The molecular formula is C11H20N2O4. The summed E-state index contributed by atoms with van der Waals surface area (Å²) in [5, 5.41) is 3.12. The van der Waals surface area contributed by atoms with E-state index in [4.69, 9.17) is 9.47 Å². The molecule has 1 aliphatic heterocycles. The summed E-state index contributed by atoms with van der Waals surface area (Å²) in [7, 11) is 1.35. The second-order valence-electron chi connectivity index (χ2n) is 3.91. The van der Waals surface area contributed by atoms with Crippen molar-refractivity contribution in [2.75, 3.05) is 33.4 Å². The van der Waals surface area contributed by atoms with Crippen molar-refractivity contribution >= 4 is 11.9 Å². The first-order valence-electron chi connectivity index (χ1n) is 5.82. The van der Waals surface area contributed by atoms with Crippen molar-refractivity contribution in [2.24, 2.45) is 0 Å². The van der Waals surface area contributed by atoms with E-state index in [1.54, 1.807) is 13.8 Å². The lowest BCUT2D eigenvalue weighted by atomic mass is 10.1. The normalized spacial score (nSPS) is 22.9. The van der Waals surface area contributed by atoms with Gasteiger partial charge in [-0.3, -0.25) is 14.5 Å². The number of hydrogen-bond donors (Lipinski definition) is 1. The molecule has 0 aromatic carbocycles. The summed E-state index contributed by atoms with van der Waals surface area (Å²) in [6.45, 7) is 5.72. The van der Waals surface area contributed by atoms with Crippen LogP contribution in [0.2, 0.25) is 0 Å². The van der Waals surface area contributed by atoms with E-state index in [1.165, 1.54) is 7.11 Å². The van der Waals surface area contributed by atoms with E-state index in [0.717, 1.165) is 6.54 Å². The van der Waals surface area contributed by atoms with Gasteiger partial charge in [0.1, 0.15) is 12.1 Å². The number of nitrogens with zero attached hydrogens (tertiary/aromatic N) is 1. The number of rotatable bonds is 4. The fourth-order valence-corrected chi connectivity index (χ4v) is 1.95. The van der Waals surface area contributed by atoms with Crippen molar-refractivity contribution in [3.8, 4) is 0 Å². The lowest BCUT2D eigenvalue weighted by molar-refractivity contribution is -0.156. The van der Waals surface area contributed by atoms with E-state index in [2.05, 4.69) is 5.32 Å². The van der Waals surface area contributed by atoms with Crippen LogP contribution < -0.4 is 5.32 Å². The van der Waals surface area contributed by atoms with Crippen LogP contribution >= 0.6 is 0 Å². The van der Waals surface area contributed by atoms with Crippen LogP contribution in [0.3, 0.4) is 0 Å². The predicted octanol–water partition coefficient (Wildman–Crippen LogP) is -0.615. The number of nitrogens with one attached hydrogen (secondary N) is 1. The van der Waals surface area contributed by atoms with Crippen molar-refractivity contribution in [2.45, 2.75) is 25.9 Å². The van der Waals surface area contributed by atoms with Gasteiger partial charge in [0, 0.05) is 19.6 Å². The number of carbonyl (C=O) groups excluding carboxylic acids is 2. The summed E-state index contributed by atoms with van der Waals surface area (Å²) in [5.41, 5.74) is 0. The summed E-state index contributed by atoms with van der Waals surface area (Å²) in [4.78, 5) is 25.1. The predicted molar refractivity (Wildman–Crippen MR) is 61.5 cm³/mol. The van der Waals surface area contributed by atoms with Crippen LogP contribution in [0, 0.1) is 0 Å². The highest BCUT2D eigenvalue weighted by Gasteiger charge is 2.35. The molecule has 0 bridgehead atoms. The van der Waals surface area contributed by atoms with Gasteiger partial charge in [0.2, 0.25) is 0 Å². The summed E-state index contributed by atoms with van der Waals surface area (Å²) < 4.78 is 9.70. The highest BCUT2D eigenvalue weighted by molar-refractivity contribution is 5.79. The van der Waals surface area contributed by atoms with Crippen molar-refractivity contribution in [1.82, 2.24) is 10.2 Å². The van der Waals surface area contributed by atoms with E-state index in [-0.39, 0.29) is 11.9 Å². The Bertz CT molecular complexity index is 283. The quantitative estimate of drug-likeness (QED) is 0.665. The lowest BCUT2D eigenvalue weighted by Gasteiger charge is -2.37. The molecular weight excluding hydrogens is 224 g/mol. The van der Waals surface area contributed by atoms with Gasteiger partial charge < -0.3 is 14.8 Å². The average molecular weight is 244 g/mol. The third-order valence-corrected chi connectivity index (χ3v) is 2.88. The maximum atomic E-state index is 11.8. The molecule has 2 atom stereocenters. The lowest BCUT2D eigenvalue weighted by Crippen LogP contribution is -2.59. The molecule has 1 aliphatic rings. The topological polar surface area (TPSA) is 67.9 Å². The maximum Gasteiger partial charge on any atom is 0.324 e. The fraction of sp³-hybridized carbons (Fsp3) is 0.818. The smallest absolute Gasteiger partial charge is 0.324 e. The van der Waals surface area contributed by atoms with Crippen LogP contribution in [0.5, 0.6) is 0 Å². The van der Waals surface area contributed by atoms with Crippen molar-refractivity contribution < 1.29 is 19.1 Å². The van der Waals surface area contributed by atoms with Crippen LogP contribution in [-0.2, 0) is 19.1 Å². The second kappa shape index (κ2) is 6.56. The van der Waals surface area contributed by atoms with Crippen molar-refractivity contribution in [3.05, 3.63) is 0 Å². The van der Waals surface area contributed by atoms with Crippen LogP contribution in [0.15, 0.2) is 0 Å². The van der Waals surface area contributed by atoms with E-state index in [9.17, 15) is 9.59 Å². The Morgan fingerprint density at radius 3 is 2.82 bits per heavy atom. The first kappa shape index (κ1) is 13.9. The highest BCUT2D eigenvalue weighted by Crippen LogP contribution is 2.11. The minimum Gasteiger partial charge on any atom is -0.468 e. The number of hydrogen-bond acceptors (Lipinski definition) is 6. The zero-order chi connectivity index (χ0) is 12.8. The number of carbonyl (C=O) groups is 2. The number of methoxy groups -OCH3 is 1. The fourth-order valence-electron chi connectivity index (χ4n) is 1.95. The van der Waals surface area contributed by atoms with Gasteiger partial charge >= 0.3 is 11.9 Å². The molecule has 0 spiro atoms. The monoisotopic (exact) mass is 244 g/mol. The molecule has 6 heteroatoms. The Kier molecular flexibility index (Phi) is 5.37. The van der Waals surface area contributed by atoms with Crippen LogP contribution in [0.1, 0.15) is 13.8 Å². The van der Waals surface area contributed by atoms with E-state index >= 15 is 0 Å². The van der Waals surface area contributed by atoms with Gasteiger partial charge in [-0.2, -0.15) is 0 Å². The van der Waals surface area contributed by atoms with Gasteiger partial charge in [-0.1, -0.05) is 0 Å². The molecule has 0 aliphatic carbocycles. The summed E-state index contributed by atoms with van der Waals surface area (Å²) >= 11 is 0. The molecule has 2 unspecified atom stereocenters. The molecule has 1 fully saturated rings. The SMILES string of the molecule is CCOC(=O)C1CNCCN1C(C)C(=O)OC. The van der Waals surface area contributed by atoms with Gasteiger partial charge in [-0.25, -0.2) is 0 Å². The molecule has 1 saturated heterocycles. The average Bonchev–Trinajstić information content (AvgIpc) is 2.37. The Labute approximate surface area is 101 Å². The Hall–Kier alpha value is -1.14. The van der Waals surface area contributed by atoms with E-state index < -0.39 is 12.1 Å². The Morgan fingerprint density at radius 2 is 2.24 bits per heavy atom. The molecule has 1 rings (SSSR count). The second-order valence-corrected chi connectivity index (χ2v) is 3.91. The van der Waals surface area contributed by atoms with Gasteiger partial charge in [-0.15, -0.1) is 0 Å². The minimum atomic E-state index is -0.434. The largest absolute Gasteiger partial charge is 0.468 e. The standard InChI is InChI=1S/C11H20N2O4/c1-4-17-11(15)9-7-12-5-6-13(9)8(2)10(14)16-3/h8-9,12H,4-7H2,1-3H3. The molecule has 1 N–H and O–H groups in total. The number of ether oxygens (including phenoxy) is 2. The summed E-state index contributed by atoms with van der Waals surface area (Å²) in [6.07, 6.45) is 0. The highest BCUT2D eigenvalue weighted by atomic mass is 16.5. The third kappa shape index (κ3) is 3.41. The minimum absolute atomic E-state index is 0.296. The molecule has 0 saturated carbocycles. The molecule has 6 nitrogen and oxygen atoms in total. The first-order chi connectivity index (χ1) is 8.11. The van der Waals surface area contributed by atoms with Gasteiger partial charge in [-0.05, 0) is 13.8 Å². The Balaban J connectivity index is 2.71. The van der Waals surface area contributed by atoms with Crippen LogP contribution in [-0.4, -0.2) is 62.3 Å². The van der Waals surface area contributed by atoms with Gasteiger partial charge in [0.15, 0.2) is 0 Å². The first-order valence-corrected chi connectivity index (χ1v) is 5.82. The van der Waals surface area contributed by atoms with Crippen LogP contribution in [0.25, 0.3) is 0 Å². The van der Waals surface area contributed by atoms with E-state index in [0.29, 0.717) is 19.7 Å². The van der Waals surface area contributed by atoms with Crippen molar-refractivity contribution in [1.29, 1.82) is 0 Å². The molecule has 0 aromatic heterocycles. The molecule has 1 heterocycles. The van der Waals surface area contributed by atoms with Gasteiger partial charge in [0.25, 0.3) is 0 Å². The molecule has 0 radical (unpaired) electrons.